The summed E-state index contributed by atoms with van der Waals surface area (Å²) in [4.78, 5) is 13.3. The summed E-state index contributed by atoms with van der Waals surface area (Å²) in [5.74, 6) is 0. The van der Waals surface area contributed by atoms with E-state index in [4.69, 9.17) is 0 Å². The molecule has 0 aliphatic rings. The molecule has 0 radical (unpaired) electrons. The number of urea groups is 1. The number of sulfonamides is 1. The van der Waals surface area contributed by atoms with Crippen molar-refractivity contribution in [3.8, 4) is 0 Å². The number of rotatable bonds is 6. The number of amides is 2. The zero-order valence-corrected chi connectivity index (χ0v) is 12.2. The van der Waals surface area contributed by atoms with E-state index in [2.05, 4.69) is 13.2 Å². The average Bonchev–Trinajstić information content (AvgIpc) is 2.38. The maximum atomic E-state index is 12.1. The molecular formula is C14H18N2O3S. The summed E-state index contributed by atoms with van der Waals surface area (Å²) in [7, 11) is -3.87. The SMILES string of the molecule is C=CCN(CC=C)C(=O)NS(=O)(=O)c1ccc(C)cc1. The minimum absolute atomic E-state index is 0.0496. The lowest BCUT2D eigenvalue weighted by Gasteiger charge is -2.19. The highest BCUT2D eigenvalue weighted by molar-refractivity contribution is 7.90. The normalized spacial score (nSPS) is 10.7. The molecule has 5 nitrogen and oxygen atoms in total. The molecule has 0 spiro atoms. The summed E-state index contributed by atoms with van der Waals surface area (Å²) in [5.41, 5.74) is 0.940. The fourth-order valence-electron chi connectivity index (χ4n) is 1.51. The molecule has 0 saturated carbocycles. The second-order valence-corrected chi connectivity index (χ2v) is 5.89. The summed E-state index contributed by atoms with van der Waals surface area (Å²) < 4.78 is 26.1. The van der Waals surface area contributed by atoms with E-state index in [9.17, 15) is 13.2 Å². The molecule has 0 unspecified atom stereocenters. The number of benzene rings is 1. The lowest BCUT2D eigenvalue weighted by atomic mass is 10.2. The molecule has 0 aromatic heterocycles. The Morgan fingerprint density at radius 1 is 1.20 bits per heavy atom. The van der Waals surface area contributed by atoms with Crippen molar-refractivity contribution in [3.63, 3.8) is 0 Å². The zero-order chi connectivity index (χ0) is 15.2. The molecule has 0 saturated heterocycles. The van der Waals surface area contributed by atoms with Gasteiger partial charge in [-0.2, -0.15) is 0 Å². The van der Waals surface area contributed by atoms with E-state index in [1.54, 1.807) is 12.1 Å². The lowest BCUT2D eigenvalue weighted by Crippen LogP contribution is -2.42. The third-order valence-corrected chi connectivity index (χ3v) is 3.88. The molecule has 0 atom stereocenters. The largest absolute Gasteiger partial charge is 0.331 e. The molecule has 1 rings (SSSR count). The molecular weight excluding hydrogens is 276 g/mol. The Balaban J connectivity index is 2.89. The van der Waals surface area contributed by atoms with Crippen molar-refractivity contribution in [2.45, 2.75) is 11.8 Å². The number of carbonyl (C=O) groups is 1. The van der Waals surface area contributed by atoms with Crippen LogP contribution in [0.1, 0.15) is 5.56 Å². The van der Waals surface area contributed by atoms with E-state index < -0.39 is 16.1 Å². The van der Waals surface area contributed by atoms with Crippen LogP contribution in [0.2, 0.25) is 0 Å². The highest BCUT2D eigenvalue weighted by atomic mass is 32.2. The molecule has 0 fully saturated rings. The van der Waals surface area contributed by atoms with Crippen molar-refractivity contribution >= 4 is 16.1 Å². The van der Waals surface area contributed by atoms with Gasteiger partial charge in [-0.25, -0.2) is 17.9 Å². The van der Waals surface area contributed by atoms with Gasteiger partial charge in [0.15, 0.2) is 0 Å². The van der Waals surface area contributed by atoms with E-state index >= 15 is 0 Å². The fraction of sp³-hybridized carbons (Fsp3) is 0.214. The maximum absolute atomic E-state index is 12.1. The molecule has 6 heteroatoms. The van der Waals surface area contributed by atoms with Gasteiger partial charge in [0, 0.05) is 13.1 Å². The number of carbonyl (C=O) groups excluding carboxylic acids is 1. The van der Waals surface area contributed by atoms with Gasteiger partial charge in [-0.3, -0.25) is 0 Å². The Bertz CT molecular complexity index is 581. The van der Waals surface area contributed by atoms with Crippen LogP contribution in [0.15, 0.2) is 54.5 Å². The Hall–Kier alpha value is -2.08. The predicted molar refractivity (Wildman–Crippen MR) is 78.9 cm³/mol. The molecule has 2 amide bonds. The van der Waals surface area contributed by atoms with Gasteiger partial charge in [0.05, 0.1) is 4.90 Å². The summed E-state index contributed by atoms with van der Waals surface area (Å²) in [5, 5.41) is 0. The number of hydrogen-bond donors (Lipinski definition) is 1. The van der Waals surface area contributed by atoms with Crippen LogP contribution in [0.25, 0.3) is 0 Å². The molecule has 0 aliphatic heterocycles. The van der Waals surface area contributed by atoms with Crippen molar-refractivity contribution in [2.24, 2.45) is 0 Å². The minimum atomic E-state index is -3.87. The van der Waals surface area contributed by atoms with Crippen LogP contribution in [0.4, 0.5) is 4.79 Å². The first-order valence-electron chi connectivity index (χ1n) is 6.01. The Morgan fingerprint density at radius 2 is 1.70 bits per heavy atom. The number of hydrogen-bond acceptors (Lipinski definition) is 3. The highest BCUT2D eigenvalue weighted by Gasteiger charge is 2.20. The van der Waals surface area contributed by atoms with Gasteiger partial charge < -0.3 is 4.90 Å². The van der Waals surface area contributed by atoms with E-state index in [1.165, 1.54) is 29.2 Å². The quantitative estimate of drug-likeness (QED) is 0.817. The molecule has 1 aromatic carbocycles. The van der Waals surface area contributed by atoms with Crippen LogP contribution in [0.5, 0.6) is 0 Å². The van der Waals surface area contributed by atoms with Gasteiger partial charge in [0.1, 0.15) is 0 Å². The van der Waals surface area contributed by atoms with Gasteiger partial charge in [-0.15, -0.1) is 13.2 Å². The topological polar surface area (TPSA) is 66.5 Å². The van der Waals surface area contributed by atoms with Crippen molar-refractivity contribution in [1.82, 2.24) is 9.62 Å². The van der Waals surface area contributed by atoms with Gasteiger partial charge >= 0.3 is 6.03 Å². The third-order valence-electron chi connectivity index (χ3n) is 2.54. The van der Waals surface area contributed by atoms with Crippen molar-refractivity contribution < 1.29 is 13.2 Å². The van der Waals surface area contributed by atoms with Crippen molar-refractivity contribution in [2.75, 3.05) is 13.1 Å². The Morgan fingerprint density at radius 3 is 2.15 bits per heavy atom. The molecule has 0 aliphatic carbocycles. The van der Waals surface area contributed by atoms with Crippen LogP contribution in [0, 0.1) is 6.92 Å². The lowest BCUT2D eigenvalue weighted by molar-refractivity contribution is 0.214. The van der Waals surface area contributed by atoms with Gasteiger partial charge in [-0.05, 0) is 19.1 Å². The number of aryl methyl sites for hydroxylation is 1. The molecule has 1 aromatic rings. The summed E-state index contributed by atoms with van der Waals surface area (Å²) in [6.07, 6.45) is 3.03. The summed E-state index contributed by atoms with van der Waals surface area (Å²) in [6, 6.07) is 5.55. The second-order valence-electron chi connectivity index (χ2n) is 4.21. The van der Waals surface area contributed by atoms with Crippen LogP contribution < -0.4 is 4.72 Å². The van der Waals surface area contributed by atoms with Crippen molar-refractivity contribution in [1.29, 1.82) is 0 Å². The average molecular weight is 294 g/mol. The van der Waals surface area contributed by atoms with Crippen LogP contribution in [-0.4, -0.2) is 32.4 Å². The van der Waals surface area contributed by atoms with Crippen LogP contribution in [0.3, 0.4) is 0 Å². The molecule has 20 heavy (non-hydrogen) atoms. The molecule has 0 bridgehead atoms. The zero-order valence-electron chi connectivity index (χ0n) is 11.4. The fourth-order valence-corrected chi connectivity index (χ4v) is 2.48. The monoisotopic (exact) mass is 294 g/mol. The van der Waals surface area contributed by atoms with Gasteiger partial charge in [0.25, 0.3) is 10.0 Å². The predicted octanol–water partition coefficient (Wildman–Crippen LogP) is 2.07. The Labute approximate surface area is 119 Å². The van der Waals surface area contributed by atoms with Crippen LogP contribution >= 0.6 is 0 Å². The first kappa shape index (κ1) is 16.0. The van der Waals surface area contributed by atoms with Crippen molar-refractivity contribution in [3.05, 3.63) is 55.1 Å². The smallest absolute Gasteiger partial charge is 0.317 e. The molecule has 1 N–H and O–H groups in total. The highest BCUT2D eigenvalue weighted by Crippen LogP contribution is 2.10. The molecule has 0 heterocycles. The second kappa shape index (κ2) is 6.91. The summed E-state index contributed by atoms with van der Waals surface area (Å²) in [6.45, 7) is 9.37. The maximum Gasteiger partial charge on any atom is 0.331 e. The van der Waals surface area contributed by atoms with Gasteiger partial charge in [-0.1, -0.05) is 29.8 Å². The number of nitrogens with one attached hydrogen (secondary N) is 1. The summed E-state index contributed by atoms with van der Waals surface area (Å²) >= 11 is 0. The molecule has 108 valence electrons. The number of nitrogens with zero attached hydrogens (tertiary/aromatic N) is 1. The third kappa shape index (κ3) is 4.24. The first-order chi connectivity index (χ1) is 9.40. The van der Waals surface area contributed by atoms with Gasteiger partial charge in [0.2, 0.25) is 0 Å². The van der Waals surface area contributed by atoms with E-state index in [1.807, 2.05) is 11.6 Å². The van der Waals surface area contributed by atoms with Crippen LogP contribution in [-0.2, 0) is 10.0 Å². The minimum Gasteiger partial charge on any atom is -0.317 e. The van der Waals surface area contributed by atoms with E-state index in [-0.39, 0.29) is 18.0 Å². The van der Waals surface area contributed by atoms with E-state index in [0.29, 0.717) is 0 Å². The first-order valence-corrected chi connectivity index (χ1v) is 7.49. The Kier molecular flexibility index (Phi) is 5.52. The standard InChI is InChI=1S/C14H18N2O3S/c1-4-10-16(11-5-2)14(17)15-20(18,19)13-8-6-12(3)7-9-13/h4-9H,1-2,10-11H2,3H3,(H,15,17). The van der Waals surface area contributed by atoms with E-state index in [0.717, 1.165) is 5.56 Å².